The molecule has 2 aliphatic rings. The molecule has 1 atom stereocenters. The van der Waals surface area contributed by atoms with Crippen molar-refractivity contribution >= 4 is 35.1 Å². The summed E-state index contributed by atoms with van der Waals surface area (Å²) < 4.78 is 18.5. The van der Waals surface area contributed by atoms with Crippen LogP contribution >= 0.6 is 11.8 Å². The molecule has 0 aliphatic carbocycles. The van der Waals surface area contributed by atoms with Crippen LogP contribution in [0.15, 0.2) is 42.5 Å². The predicted octanol–water partition coefficient (Wildman–Crippen LogP) is 4.00. The first-order valence-electron chi connectivity index (χ1n) is 8.79. The number of hydrogen-bond acceptors (Lipinski definition) is 4. The number of rotatable bonds is 2. The topological polar surface area (TPSA) is 70.7 Å². The molecule has 0 bridgehead atoms. The van der Waals surface area contributed by atoms with Gasteiger partial charge in [-0.05, 0) is 50.2 Å². The second-order valence-electron chi connectivity index (χ2n) is 7.40. The summed E-state index contributed by atoms with van der Waals surface area (Å²) in [5.74, 6) is -0.122. The number of anilines is 2. The molecule has 0 aromatic heterocycles. The zero-order valence-corrected chi connectivity index (χ0v) is 16.5. The Labute approximate surface area is 166 Å². The van der Waals surface area contributed by atoms with Crippen LogP contribution in [0.25, 0.3) is 0 Å². The Morgan fingerprint density at radius 1 is 1.29 bits per heavy atom. The molecule has 2 heterocycles. The van der Waals surface area contributed by atoms with Crippen LogP contribution in [-0.4, -0.2) is 35.2 Å². The van der Waals surface area contributed by atoms with E-state index in [-0.39, 0.29) is 10.7 Å². The molecule has 6 nitrogen and oxygen atoms in total. The highest BCUT2D eigenvalue weighted by Gasteiger charge is 2.61. The Hall–Kier alpha value is -2.74. The zero-order chi connectivity index (χ0) is 20.1. The van der Waals surface area contributed by atoms with Gasteiger partial charge in [0.25, 0.3) is 5.91 Å². The molecule has 0 saturated carbocycles. The molecule has 146 valence electrons. The summed E-state index contributed by atoms with van der Waals surface area (Å²) in [5, 5.41) is 5.60. The maximum Gasteiger partial charge on any atom is 0.323 e. The predicted molar refractivity (Wildman–Crippen MR) is 107 cm³/mol. The summed E-state index contributed by atoms with van der Waals surface area (Å²) in [5.41, 5.74) is 1.67. The SMILES string of the molecule is COc1ccc2c(c1)C1(SC(C)(C)CN1C(=O)Nc1cccc(F)c1)C(=O)N2. The molecule has 2 N–H and O–H groups in total. The summed E-state index contributed by atoms with van der Waals surface area (Å²) in [6.45, 7) is 4.32. The van der Waals surface area contributed by atoms with Crippen LogP contribution in [0.2, 0.25) is 0 Å². The summed E-state index contributed by atoms with van der Waals surface area (Å²) in [6.07, 6.45) is 0. The summed E-state index contributed by atoms with van der Waals surface area (Å²) >= 11 is 1.42. The van der Waals surface area contributed by atoms with Gasteiger partial charge in [-0.3, -0.25) is 9.69 Å². The molecule has 2 aliphatic heterocycles. The number of amides is 3. The van der Waals surface area contributed by atoms with Gasteiger partial charge in [-0.15, -0.1) is 11.8 Å². The lowest BCUT2D eigenvalue weighted by Crippen LogP contribution is -2.49. The number of nitrogens with zero attached hydrogens (tertiary/aromatic N) is 1. The molecule has 8 heteroatoms. The van der Waals surface area contributed by atoms with Gasteiger partial charge in [0.1, 0.15) is 11.6 Å². The van der Waals surface area contributed by atoms with Crippen LogP contribution in [0.1, 0.15) is 19.4 Å². The minimum absolute atomic E-state index is 0.277. The van der Waals surface area contributed by atoms with Crippen molar-refractivity contribution in [3.63, 3.8) is 0 Å². The van der Waals surface area contributed by atoms with E-state index in [0.29, 0.717) is 29.2 Å². The number of nitrogens with one attached hydrogen (secondary N) is 2. The van der Waals surface area contributed by atoms with E-state index in [2.05, 4.69) is 10.6 Å². The molecule has 2 aromatic rings. The zero-order valence-electron chi connectivity index (χ0n) is 15.7. The number of urea groups is 1. The monoisotopic (exact) mass is 401 g/mol. The Balaban J connectivity index is 1.77. The van der Waals surface area contributed by atoms with Crippen molar-refractivity contribution in [2.75, 3.05) is 24.3 Å². The standard InChI is InChI=1S/C20H20FN3O3S/c1-19(2)11-24(18(26)22-13-6-4-5-12(21)9-13)20(28-19)15-10-14(27-3)7-8-16(15)23-17(20)25/h4-10H,11H2,1-3H3,(H,22,26)(H,23,25). The van der Waals surface area contributed by atoms with E-state index < -0.39 is 16.7 Å². The molecule has 4 rings (SSSR count). The Morgan fingerprint density at radius 2 is 2.07 bits per heavy atom. The van der Waals surface area contributed by atoms with Crippen LogP contribution < -0.4 is 15.4 Å². The lowest BCUT2D eigenvalue weighted by Gasteiger charge is -2.32. The number of hydrogen-bond donors (Lipinski definition) is 2. The molecule has 1 unspecified atom stereocenters. The molecule has 1 spiro atoms. The van der Waals surface area contributed by atoms with Crippen molar-refractivity contribution in [3.05, 3.63) is 53.8 Å². The number of halogens is 1. The highest BCUT2D eigenvalue weighted by atomic mass is 32.2. The maximum atomic E-state index is 13.5. The van der Waals surface area contributed by atoms with E-state index >= 15 is 0 Å². The van der Waals surface area contributed by atoms with E-state index in [1.54, 1.807) is 31.4 Å². The van der Waals surface area contributed by atoms with Gasteiger partial charge in [0.2, 0.25) is 0 Å². The Bertz CT molecular complexity index is 981. The van der Waals surface area contributed by atoms with Crippen molar-refractivity contribution in [3.8, 4) is 5.75 Å². The van der Waals surface area contributed by atoms with Crippen molar-refractivity contribution < 1.29 is 18.7 Å². The van der Waals surface area contributed by atoms with Gasteiger partial charge in [-0.25, -0.2) is 9.18 Å². The van der Waals surface area contributed by atoms with Gasteiger partial charge in [0, 0.05) is 28.2 Å². The average Bonchev–Trinajstić information content (AvgIpc) is 3.08. The first-order chi connectivity index (χ1) is 13.2. The van der Waals surface area contributed by atoms with Gasteiger partial charge in [-0.2, -0.15) is 0 Å². The number of carbonyl (C=O) groups is 2. The fraction of sp³-hybridized carbons (Fsp3) is 0.300. The van der Waals surface area contributed by atoms with Gasteiger partial charge in [0.15, 0.2) is 4.87 Å². The molecular weight excluding hydrogens is 381 g/mol. The molecule has 28 heavy (non-hydrogen) atoms. The fourth-order valence-electron chi connectivity index (χ4n) is 3.69. The molecule has 0 radical (unpaired) electrons. The highest BCUT2D eigenvalue weighted by molar-refractivity contribution is 8.02. The normalized spacial score (nSPS) is 22.1. The molecule has 1 saturated heterocycles. The van der Waals surface area contributed by atoms with E-state index in [1.165, 1.54) is 34.9 Å². The van der Waals surface area contributed by atoms with Crippen molar-refractivity contribution in [1.82, 2.24) is 4.90 Å². The minimum atomic E-state index is -1.22. The van der Waals surface area contributed by atoms with Crippen molar-refractivity contribution in [2.24, 2.45) is 0 Å². The van der Waals surface area contributed by atoms with E-state index in [4.69, 9.17) is 4.74 Å². The number of thioether (sulfide) groups is 1. The third-order valence-corrected chi connectivity index (χ3v) is 6.41. The fourth-order valence-corrected chi connectivity index (χ4v) is 5.36. The second-order valence-corrected chi connectivity index (χ2v) is 9.30. The number of benzene rings is 2. The van der Waals surface area contributed by atoms with Gasteiger partial charge < -0.3 is 15.4 Å². The van der Waals surface area contributed by atoms with Crippen molar-refractivity contribution in [2.45, 2.75) is 23.5 Å². The quantitative estimate of drug-likeness (QED) is 0.798. The third-order valence-electron chi connectivity index (χ3n) is 4.81. The van der Waals surface area contributed by atoms with Crippen LogP contribution in [-0.2, 0) is 9.67 Å². The first-order valence-corrected chi connectivity index (χ1v) is 9.61. The van der Waals surface area contributed by atoms with Gasteiger partial charge in [0.05, 0.1) is 7.11 Å². The lowest BCUT2D eigenvalue weighted by molar-refractivity contribution is -0.121. The minimum Gasteiger partial charge on any atom is -0.497 e. The Kier molecular flexibility index (Phi) is 4.26. The first kappa shape index (κ1) is 18.6. The van der Waals surface area contributed by atoms with Gasteiger partial charge in [-0.1, -0.05) is 6.07 Å². The largest absolute Gasteiger partial charge is 0.497 e. The van der Waals surface area contributed by atoms with E-state index in [9.17, 15) is 14.0 Å². The van der Waals surface area contributed by atoms with Crippen LogP contribution in [0, 0.1) is 5.82 Å². The van der Waals surface area contributed by atoms with E-state index in [0.717, 1.165) is 0 Å². The van der Waals surface area contributed by atoms with Crippen molar-refractivity contribution in [1.29, 1.82) is 0 Å². The van der Waals surface area contributed by atoms with E-state index in [1.807, 2.05) is 13.8 Å². The van der Waals surface area contributed by atoms with Crippen LogP contribution in [0.4, 0.5) is 20.6 Å². The summed E-state index contributed by atoms with van der Waals surface area (Å²) in [4.78, 5) is 26.6. The number of fused-ring (bicyclic) bond motifs is 2. The molecule has 1 fully saturated rings. The molecular formula is C20H20FN3O3S. The Morgan fingerprint density at radius 3 is 2.79 bits per heavy atom. The third kappa shape index (κ3) is 2.88. The number of ether oxygens (including phenoxy) is 1. The maximum absolute atomic E-state index is 13.5. The second kappa shape index (κ2) is 6.41. The lowest BCUT2D eigenvalue weighted by atomic mass is 10.0. The molecule has 2 aromatic carbocycles. The highest BCUT2D eigenvalue weighted by Crippen LogP contribution is 2.58. The summed E-state index contributed by atoms with van der Waals surface area (Å²) in [7, 11) is 1.55. The molecule has 3 amide bonds. The van der Waals surface area contributed by atoms with Gasteiger partial charge >= 0.3 is 6.03 Å². The smallest absolute Gasteiger partial charge is 0.323 e. The number of carbonyl (C=O) groups excluding carboxylic acids is 2. The summed E-state index contributed by atoms with van der Waals surface area (Å²) in [6, 6.07) is 10.5. The number of methoxy groups -OCH3 is 1. The van der Waals surface area contributed by atoms with Crippen LogP contribution in [0.3, 0.4) is 0 Å². The average molecular weight is 401 g/mol. The van der Waals surface area contributed by atoms with Crippen LogP contribution in [0.5, 0.6) is 5.75 Å².